The average Bonchev–Trinajstić information content (AvgIpc) is 2.43. The summed E-state index contributed by atoms with van der Waals surface area (Å²) in [5, 5.41) is 3.44. The minimum atomic E-state index is 0.581. The molecule has 4 heteroatoms. The lowest BCUT2D eigenvalue weighted by Gasteiger charge is -2.21. The summed E-state index contributed by atoms with van der Waals surface area (Å²) < 4.78 is 10.6. The predicted octanol–water partition coefficient (Wildman–Crippen LogP) is 2.13. The minimum absolute atomic E-state index is 0.581. The van der Waals surface area contributed by atoms with Crippen LogP contribution in [0.4, 0.5) is 0 Å². The molecule has 0 amide bonds. The van der Waals surface area contributed by atoms with Crippen LogP contribution in [0.3, 0.4) is 0 Å². The molecule has 0 saturated heterocycles. The van der Waals surface area contributed by atoms with E-state index in [0.717, 1.165) is 36.7 Å². The molecule has 0 atom stereocenters. The van der Waals surface area contributed by atoms with Gasteiger partial charge in [-0.2, -0.15) is 0 Å². The molecule has 108 valence electrons. The van der Waals surface area contributed by atoms with Gasteiger partial charge in [-0.3, -0.25) is 0 Å². The van der Waals surface area contributed by atoms with E-state index in [4.69, 9.17) is 9.47 Å². The maximum atomic E-state index is 5.37. The highest BCUT2D eigenvalue weighted by Gasteiger charge is 2.05. The number of hydrogen-bond donors (Lipinski definition) is 1. The molecule has 0 spiro atoms. The van der Waals surface area contributed by atoms with Gasteiger partial charge in [0, 0.05) is 37.3 Å². The molecule has 0 saturated carbocycles. The van der Waals surface area contributed by atoms with Gasteiger partial charge in [0.1, 0.15) is 11.5 Å². The Hall–Kier alpha value is -1.26. The van der Waals surface area contributed by atoms with Gasteiger partial charge in [-0.25, -0.2) is 0 Å². The molecule has 0 aliphatic rings. The molecule has 0 bridgehead atoms. The Morgan fingerprint density at radius 2 is 1.95 bits per heavy atom. The second kappa shape index (κ2) is 8.02. The summed E-state index contributed by atoms with van der Waals surface area (Å²) in [5.41, 5.74) is 1.15. The third-order valence-corrected chi connectivity index (χ3v) is 3.33. The third kappa shape index (κ3) is 5.09. The van der Waals surface area contributed by atoms with Gasteiger partial charge in [0.15, 0.2) is 0 Å². The molecular weight excluding hydrogens is 240 g/mol. The minimum Gasteiger partial charge on any atom is -0.497 e. The normalized spacial score (nSPS) is 11.1. The highest BCUT2D eigenvalue weighted by atomic mass is 16.5. The standard InChI is InChI=1S/C15H26N2O2/c1-12(2)17(3)9-8-16-11-13-6-7-14(18-4)10-15(13)19-5/h6-7,10,12,16H,8-9,11H2,1-5H3. The van der Waals surface area contributed by atoms with Gasteiger partial charge in [-0.1, -0.05) is 6.07 Å². The molecule has 0 aromatic heterocycles. The first-order valence-electron chi connectivity index (χ1n) is 6.70. The van der Waals surface area contributed by atoms with E-state index < -0.39 is 0 Å². The van der Waals surface area contributed by atoms with Crippen molar-refractivity contribution in [3.63, 3.8) is 0 Å². The summed E-state index contributed by atoms with van der Waals surface area (Å²) in [6.45, 7) is 7.21. The van der Waals surface area contributed by atoms with Crippen molar-refractivity contribution in [1.29, 1.82) is 0 Å². The number of likely N-dealkylation sites (N-methyl/N-ethyl adjacent to an activating group) is 1. The van der Waals surface area contributed by atoms with Crippen molar-refractivity contribution in [1.82, 2.24) is 10.2 Å². The predicted molar refractivity (Wildman–Crippen MR) is 79.0 cm³/mol. The van der Waals surface area contributed by atoms with Crippen LogP contribution in [0.25, 0.3) is 0 Å². The fourth-order valence-corrected chi connectivity index (χ4v) is 1.73. The number of nitrogens with one attached hydrogen (secondary N) is 1. The molecule has 19 heavy (non-hydrogen) atoms. The number of nitrogens with zero attached hydrogens (tertiary/aromatic N) is 1. The van der Waals surface area contributed by atoms with Crippen molar-refractivity contribution in [2.24, 2.45) is 0 Å². The van der Waals surface area contributed by atoms with Gasteiger partial charge >= 0.3 is 0 Å². The maximum Gasteiger partial charge on any atom is 0.127 e. The van der Waals surface area contributed by atoms with Crippen molar-refractivity contribution in [3.8, 4) is 11.5 Å². The second-order valence-electron chi connectivity index (χ2n) is 4.93. The summed E-state index contributed by atoms with van der Waals surface area (Å²) in [6, 6.07) is 6.49. The topological polar surface area (TPSA) is 33.7 Å². The van der Waals surface area contributed by atoms with Crippen molar-refractivity contribution in [2.75, 3.05) is 34.4 Å². The van der Waals surface area contributed by atoms with Gasteiger partial charge in [-0.15, -0.1) is 0 Å². The SMILES string of the molecule is COc1ccc(CNCCN(C)C(C)C)c(OC)c1. The van der Waals surface area contributed by atoms with Crippen LogP contribution in [0.5, 0.6) is 11.5 Å². The lowest BCUT2D eigenvalue weighted by Crippen LogP contribution is -2.33. The number of ether oxygens (including phenoxy) is 2. The lowest BCUT2D eigenvalue weighted by molar-refractivity contribution is 0.273. The van der Waals surface area contributed by atoms with Gasteiger partial charge < -0.3 is 19.7 Å². The number of benzene rings is 1. The van der Waals surface area contributed by atoms with E-state index in [1.807, 2.05) is 18.2 Å². The fourth-order valence-electron chi connectivity index (χ4n) is 1.73. The number of hydrogen-bond acceptors (Lipinski definition) is 4. The molecule has 0 unspecified atom stereocenters. The Kier molecular flexibility index (Phi) is 6.67. The summed E-state index contributed by atoms with van der Waals surface area (Å²) in [6.07, 6.45) is 0. The third-order valence-electron chi connectivity index (χ3n) is 3.33. The van der Waals surface area contributed by atoms with E-state index in [-0.39, 0.29) is 0 Å². The van der Waals surface area contributed by atoms with Crippen molar-refractivity contribution >= 4 is 0 Å². The maximum absolute atomic E-state index is 5.37. The largest absolute Gasteiger partial charge is 0.497 e. The Balaban J connectivity index is 2.45. The molecule has 0 aliphatic carbocycles. The van der Waals surface area contributed by atoms with E-state index in [0.29, 0.717) is 6.04 Å². The molecule has 1 aromatic carbocycles. The highest BCUT2D eigenvalue weighted by molar-refractivity contribution is 5.40. The molecule has 1 aromatic rings. The molecule has 4 nitrogen and oxygen atoms in total. The number of rotatable bonds is 8. The molecular formula is C15H26N2O2. The summed E-state index contributed by atoms with van der Waals surface area (Å²) in [4.78, 5) is 2.32. The van der Waals surface area contributed by atoms with E-state index in [1.165, 1.54) is 0 Å². The van der Waals surface area contributed by atoms with Crippen LogP contribution in [0.15, 0.2) is 18.2 Å². The van der Waals surface area contributed by atoms with Gasteiger partial charge in [-0.05, 0) is 27.0 Å². The van der Waals surface area contributed by atoms with Crippen LogP contribution >= 0.6 is 0 Å². The van der Waals surface area contributed by atoms with E-state index in [2.05, 4.69) is 31.1 Å². The first kappa shape index (κ1) is 15.8. The Labute approximate surface area is 116 Å². The summed E-state index contributed by atoms with van der Waals surface area (Å²) in [5.74, 6) is 1.68. The Morgan fingerprint density at radius 3 is 2.53 bits per heavy atom. The monoisotopic (exact) mass is 266 g/mol. The van der Waals surface area contributed by atoms with Crippen LogP contribution in [0, 0.1) is 0 Å². The summed E-state index contributed by atoms with van der Waals surface area (Å²) in [7, 11) is 5.49. The van der Waals surface area contributed by atoms with Crippen LogP contribution in [0.2, 0.25) is 0 Å². The second-order valence-corrected chi connectivity index (χ2v) is 4.93. The quantitative estimate of drug-likeness (QED) is 0.731. The van der Waals surface area contributed by atoms with Crippen molar-refractivity contribution < 1.29 is 9.47 Å². The average molecular weight is 266 g/mol. The summed E-state index contributed by atoms with van der Waals surface area (Å²) >= 11 is 0. The van der Waals surface area contributed by atoms with Gasteiger partial charge in [0.25, 0.3) is 0 Å². The first-order chi connectivity index (χ1) is 9.08. The van der Waals surface area contributed by atoms with E-state index in [1.54, 1.807) is 14.2 Å². The Bertz CT molecular complexity index is 380. The van der Waals surface area contributed by atoms with E-state index >= 15 is 0 Å². The number of methoxy groups -OCH3 is 2. The molecule has 0 radical (unpaired) electrons. The molecule has 0 aliphatic heterocycles. The van der Waals surface area contributed by atoms with Crippen molar-refractivity contribution in [2.45, 2.75) is 26.4 Å². The highest BCUT2D eigenvalue weighted by Crippen LogP contribution is 2.24. The van der Waals surface area contributed by atoms with Crippen molar-refractivity contribution in [3.05, 3.63) is 23.8 Å². The van der Waals surface area contributed by atoms with Gasteiger partial charge in [0.05, 0.1) is 14.2 Å². The molecule has 1 N–H and O–H groups in total. The van der Waals surface area contributed by atoms with Gasteiger partial charge in [0.2, 0.25) is 0 Å². The van der Waals surface area contributed by atoms with E-state index in [9.17, 15) is 0 Å². The molecule has 0 heterocycles. The van der Waals surface area contributed by atoms with Crippen LogP contribution < -0.4 is 14.8 Å². The first-order valence-corrected chi connectivity index (χ1v) is 6.70. The smallest absolute Gasteiger partial charge is 0.127 e. The van der Waals surface area contributed by atoms with Crippen LogP contribution in [-0.2, 0) is 6.54 Å². The Morgan fingerprint density at radius 1 is 1.21 bits per heavy atom. The zero-order valence-corrected chi connectivity index (χ0v) is 12.7. The fraction of sp³-hybridized carbons (Fsp3) is 0.600. The lowest BCUT2D eigenvalue weighted by atomic mass is 10.2. The zero-order valence-electron chi connectivity index (χ0n) is 12.7. The van der Waals surface area contributed by atoms with Crippen LogP contribution in [-0.4, -0.2) is 45.3 Å². The molecule has 0 fully saturated rings. The molecule has 1 rings (SSSR count). The zero-order chi connectivity index (χ0) is 14.3. The van der Waals surface area contributed by atoms with Crippen LogP contribution in [0.1, 0.15) is 19.4 Å².